The summed E-state index contributed by atoms with van der Waals surface area (Å²) >= 11 is 0. The molecule has 1 atom stereocenters. The molecule has 41 valence electrons. The fourth-order valence-electron chi connectivity index (χ4n) is 0.0638. The van der Waals surface area contributed by atoms with E-state index in [-0.39, 0.29) is 6.61 Å². The molecular weight excluding hydrogens is 100 g/mol. The molecule has 4 heteroatoms. The number of carboxylic acids is 1. The van der Waals surface area contributed by atoms with E-state index in [0.717, 1.165) is 0 Å². The Morgan fingerprint density at radius 2 is 2.14 bits per heavy atom. The zero-order valence-electron chi connectivity index (χ0n) is 3.40. The highest BCUT2D eigenvalue weighted by Gasteiger charge is 2.09. The average molecular weight is 105 g/mol. The Balaban J connectivity index is 3.34. The molecule has 0 rings (SSSR count). The first kappa shape index (κ1) is 6.39. The third kappa shape index (κ3) is 2.13. The topological polar surface area (TPSA) is 77.8 Å². The van der Waals surface area contributed by atoms with Crippen LogP contribution in [0.1, 0.15) is 0 Å². The molecule has 0 spiro atoms. The van der Waals surface area contributed by atoms with E-state index in [1.165, 1.54) is 0 Å². The highest BCUT2D eigenvalue weighted by Crippen LogP contribution is 1.81. The first-order valence-corrected chi connectivity index (χ1v) is 1.57. The fourth-order valence-corrected chi connectivity index (χ4v) is 0.0638. The Labute approximate surface area is 40.0 Å². The van der Waals surface area contributed by atoms with Crippen molar-refractivity contribution in [2.24, 2.45) is 0 Å². The number of carboxylic acid groups (broad SMARTS) is 1. The van der Waals surface area contributed by atoms with Crippen molar-refractivity contribution in [2.45, 2.75) is 6.10 Å². The second-order valence-electron chi connectivity index (χ2n) is 0.932. The molecule has 0 aromatic rings. The van der Waals surface area contributed by atoms with Gasteiger partial charge in [-0.05, 0) is 0 Å². The maximum Gasteiger partial charge on any atom is 0.335 e. The van der Waals surface area contributed by atoms with E-state index in [9.17, 15) is 4.79 Å². The number of aliphatic hydroxyl groups excluding tert-OH is 2. The van der Waals surface area contributed by atoms with Crippen molar-refractivity contribution in [1.82, 2.24) is 0 Å². The second kappa shape index (κ2) is 2.54. The molecule has 0 aliphatic rings. The van der Waals surface area contributed by atoms with Crippen LogP contribution in [0.3, 0.4) is 0 Å². The van der Waals surface area contributed by atoms with E-state index in [1.54, 1.807) is 0 Å². The molecule has 0 aromatic heterocycles. The molecule has 0 bridgehead atoms. The lowest BCUT2D eigenvalue weighted by atomic mass is 10.4. The molecule has 1 radical (unpaired) electrons. The van der Waals surface area contributed by atoms with Gasteiger partial charge in [0.25, 0.3) is 0 Å². The molecule has 0 amide bonds. The van der Waals surface area contributed by atoms with Crippen molar-refractivity contribution >= 4 is 5.97 Å². The molecule has 0 aliphatic carbocycles. The number of aliphatic hydroxyl groups is 2. The van der Waals surface area contributed by atoms with Gasteiger partial charge in [0.05, 0.1) is 0 Å². The zero-order valence-corrected chi connectivity index (χ0v) is 3.40. The van der Waals surface area contributed by atoms with Crippen molar-refractivity contribution in [3.05, 3.63) is 6.61 Å². The average Bonchev–Trinajstić information content (AvgIpc) is 1.65. The van der Waals surface area contributed by atoms with Crippen LogP contribution in [0, 0.1) is 6.61 Å². The number of aliphatic carboxylic acids is 1. The van der Waals surface area contributed by atoms with Gasteiger partial charge in [-0.1, -0.05) is 0 Å². The maximum atomic E-state index is 9.49. The van der Waals surface area contributed by atoms with Crippen LogP contribution in [0.2, 0.25) is 0 Å². The van der Waals surface area contributed by atoms with Gasteiger partial charge in [0, 0.05) is 0 Å². The fraction of sp³-hybridized carbons (Fsp3) is 0.333. The SMILES string of the molecule is O=C(O)[C@@H](O)[CH]O. The first-order chi connectivity index (χ1) is 3.18. The molecule has 0 fully saturated rings. The highest BCUT2D eigenvalue weighted by molar-refractivity contribution is 5.72. The number of rotatable bonds is 2. The minimum Gasteiger partial charge on any atom is -0.479 e. The van der Waals surface area contributed by atoms with Crippen LogP contribution in [-0.4, -0.2) is 27.4 Å². The molecule has 0 heterocycles. The van der Waals surface area contributed by atoms with E-state index >= 15 is 0 Å². The van der Waals surface area contributed by atoms with E-state index in [0.29, 0.717) is 0 Å². The quantitative estimate of drug-likeness (QED) is 0.419. The van der Waals surface area contributed by atoms with Gasteiger partial charge in [-0.15, -0.1) is 0 Å². The van der Waals surface area contributed by atoms with Gasteiger partial charge >= 0.3 is 5.97 Å². The van der Waals surface area contributed by atoms with Crippen LogP contribution in [0.25, 0.3) is 0 Å². The van der Waals surface area contributed by atoms with Crippen molar-refractivity contribution in [1.29, 1.82) is 0 Å². The Morgan fingerprint density at radius 3 is 2.14 bits per heavy atom. The van der Waals surface area contributed by atoms with Crippen molar-refractivity contribution in [3.63, 3.8) is 0 Å². The Hall–Kier alpha value is -0.610. The van der Waals surface area contributed by atoms with Gasteiger partial charge in [-0.25, -0.2) is 4.79 Å². The number of hydrogen-bond donors (Lipinski definition) is 3. The summed E-state index contributed by atoms with van der Waals surface area (Å²) < 4.78 is 0. The lowest BCUT2D eigenvalue weighted by molar-refractivity contribution is -0.146. The second-order valence-corrected chi connectivity index (χ2v) is 0.932. The van der Waals surface area contributed by atoms with Crippen LogP contribution in [0.15, 0.2) is 0 Å². The number of carbonyl (C=O) groups is 1. The Morgan fingerprint density at radius 1 is 1.71 bits per heavy atom. The van der Waals surface area contributed by atoms with E-state index < -0.39 is 12.1 Å². The third-order valence-corrected chi connectivity index (χ3v) is 0.394. The van der Waals surface area contributed by atoms with Gasteiger partial charge in [-0.2, -0.15) is 0 Å². The van der Waals surface area contributed by atoms with Crippen molar-refractivity contribution in [3.8, 4) is 0 Å². The van der Waals surface area contributed by atoms with E-state index in [2.05, 4.69) is 0 Å². The Bertz CT molecular complexity index is 69.3. The summed E-state index contributed by atoms with van der Waals surface area (Å²) in [6.07, 6.45) is -1.75. The molecular formula is C3H5O4. The van der Waals surface area contributed by atoms with Crippen LogP contribution in [0.4, 0.5) is 0 Å². The van der Waals surface area contributed by atoms with Gasteiger partial charge in [0.1, 0.15) is 6.61 Å². The normalized spacial score (nSPS) is 13.4. The largest absolute Gasteiger partial charge is 0.479 e. The van der Waals surface area contributed by atoms with Crippen molar-refractivity contribution in [2.75, 3.05) is 0 Å². The molecule has 0 unspecified atom stereocenters. The van der Waals surface area contributed by atoms with E-state index in [4.69, 9.17) is 15.3 Å². The molecule has 0 saturated heterocycles. The molecule has 0 aromatic carbocycles. The predicted octanol–water partition coefficient (Wildman–Crippen LogP) is -1.03. The number of hydrogen-bond acceptors (Lipinski definition) is 3. The Kier molecular flexibility index (Phi) is 2.32. The summed E-state index contributed by atoms with van der Waals surface area (Å²) in [5.74, 6) is -1.46. The molecule has 7 heavy (non-hydrogen) atoms. The predicted molar refractivity (Wildman–Crippen MR) is 19.9 cm³/mol. The summed E-state index contributed by atoms with van der Waals surface area (Å²) in [6, 6.07) is 0. The van der Waals surface area contributed by atoms with Crippen LogP contribution < -0.4 is 0 Å². The molecule has 3 N–H and O–H groups in total. The van der Waals surface area contributed by atoms with Gasteiger partial charge in [-0.3, -0.25) is 0 Å². The lowest BCUT2D eigenvalue weighted by Crippen LogP contribution is -2.19. The van der Waals surface area contributed by atoms with Crippen LogP contribution in [-0.2, 0) is 4.79 Å². The minimum absolute atomic E-state index is 0.197. The maximum absolute atomic E-state index is 9.49. The summed E-state index contributed by atoms with van der Waals surface area (Å²) in [5.41, 5.74) is 0. The van der Waals surface area contributed by atoms with Gasteiger partial charge in [0.2, 0.25) is 0 Å². The third-order valence-electron chi connectivity index (χ3n) is 0.394. The van der Waals surface area contributed by atoms with Gasteiger partial charge in [0.15, 0.2) is 6.10 Å². The van der Waals surface area contributed by atoms with Crippen LogP contribution >= 0.6 is 0 Å². The van der Waals surface area contributed by atoms with Gasteiger partial charge < -0.3 is 15.3 Å². The summed E-state index contributed by atoms with van der Waals surface area (Å²) in [5, 5.41) is 23.5. The zero-order chi connectivity index (χ0) is 5.86. The molecule has 4 nitrogen and oxygen atoms in total. The minimum atomic E-state index is -1.75. The molecule has 0 saturated carbocycles. The standard InChI is InChI=1S/C3H5O4/c4-1-2(5)3(6)7/h1-2,4-5H,(H,6,7)/t2-/m0/s1. The lowest BCUT2D eigenvalue weighted by Gasteiger charge is -1.94. The molecule has 0 aliphatic heterocycles. The van der Waals surface area contributed by atoms with Crippen molar-refractivity contribution < 1.29 is 20.1 Å². The smallest absolute Gasteiger partial charge is 0.335 e. The first-order valence-electron chi connectivity index (χ1n) is 1.57. The summed E-state index contributed by atoms with van der Waals surface area (Å²) in [7, 11) is 0. The highest BCUT2D eigenvalue weighted by atomic mass is 16.4. The van der Waals surface area contributed by atoms with Crippen LogP contribution in [0.5, 0.6) is 0 Å². The van der Waals surface area contributed by atoms with E-state index in [1.807, 2.05) is 0 Å². The monoisotopic (exact) mass is 105 g/mol. The summed E-state index contributed by atoms with van der Waals surface area (Å²) in [4.78, 5) is 9.49. The summed E-state index contributed by atoms with van der Waals surface area (Å²) in [6.45, 7) is 0.197.